The van der Waals surface area contributed by atoms with Gasteiger partial charge in [0.2, 0.25) is 5.91 Å². The molecule has 0 aliphatic carbocycles. The van der Waals surface area contributed by atoms with Gasteiger partial charge in [-0.15, -0.1) is 0 Å². The van der Waals surface area contributed by atoms with E-state index in [1.165, 1.54) is 13.5 Å². The van der Waals surface area contributed by atoms with Crippen LogP contribution in [0.15, 0.2) is 35.2 Å². The maximum absolute atomic E-state index is 12.4. The van der Waals surface area contributed by atoms with Gasteiger partial charge in [-0.25, -0.2) is 4.98 Å². The molecule has 1 atom stereocenters. The van der Waals surface area contributed by atoms with Crippen LogP contribution in [-0.4, -0.2) is 55.1 Å². The SMILES string of the molecule is COc1cc(NC(=O)C(=O)NC(C)(C)CNC(=O)C2CCOC2)ccc1-c1cnco1. The summed E-state index contributed by atoms with van der Waals surface area (Å²) in [5, 5.41) is 7.97. The van der Waals surface area contributed by atoms with Crippen molar-refractivity contribution in [1.82, 2.24) is 15.6 Å². The Morgan fingerprint density at radius 2 is 2.06 bits per heavy atom. The Labute approximate surface area is 179 Å². The molecule has 10 nitrogen and oxygen atoms in total. The summed E-state index contributed by atoms with van der Waals surface area (Å²) in [6.45, 7) is 4.60. The van der Waals surface area contributed by atoms with Crippen molar-refractivity contribution >= 4 is 23.4 Å². The molecule has 1 aromatic carbocycles. The van der Waals surface area contributed by atoms with E-state index >= 15 is 0 Å². The van der Waals surface area contributed by atoms with E-state index in [2.05, 4.69) is 20.9 Å². The molecule has 1 unspecified atom stereocenters. The number of methoxy groups -OCH3 is 1. The number of hydrogen-bond donors (Lipinski definition) is 3. The molecule has 3 N–H and O–H groups in total. The standard InChI is InChI=1S/C21H26N4O6/c1-21(2,11-23-18(26)13-6-7-30-10-13)25-20(28)19(27)24-14-4-5-15(16(8-14)29-3)17-9-22-12-31-17/h4-5,8-9,12-13H,6-7,10-11H2,1-3H3,(H,23,26)(H,24,27)(H,25,28). The number of nitrogens with one attached hydrogen (secondary N) is 3. The van der Waals surface area contributed by atoms with Gasteiger partial charge in [0.05, 0.1) is 36.9 Å². The first kappa shape index (κ1) is 22.3. The minimum Gasteiger partial charge on any atom is -0.496 e. The summed E-state index contributed by atoms with van der Waals surface area (Å²) in [5.41, 5.74) is 0.219. The summed E-state index contributed by atoms with van der Waals surface area (Å²) in [7, 11) is 1.49. The first-order chi connectivity index (χ1) is 14.8. The highest BCUT2D eigenvalue weighted by molar-refractivity contribution is 6.39. The molecular formula is C21H26N4O6. The number of hydrogen-bond acceptors (Lipinski definition) is 7. The van der Waals surface area contributed by atoms with Crippen LogP contribution in [0, 0.1) is 5.92 Å². The van der Waals surface area contributed by atoms with Crippen LogP contribution in [0.4, 0.5) is 5.69 Å². The van der Waals surface area contributed by atoms with Gasteiger partial charge in [-0.05, 0) is 32.4 Å². The summed E-state index contributed by atoms with van der Waals surface area (Å²) in [5.74, 6) is -0.984. The number of benzene rings is 1. The highest BCUT2D eigenvalue weighted by atomic mass is 16.5. The molecule has 1 aliphatic heterocycles. The highest BCUT2D eigenvalue weighted by Gasteiger charge is 2.28. The van der Waals surface area contributed by atoms with Gasteiger partial charge < -0.3 is 29.8 Å². The van der Waals surface area contributed by atoms with Crippen LogP contribution in [0.3, 0.4) is 0 Å². The molecule has 1 saturated heterocycles. The van der Waals surface area contributed by atoms with Crippen LogP contribution >= 0.6 is 0 Å². The molecule has 3 amide bonds. The zero-order chi connectivity index (χ0) is 22.4. The van der Waals surface area contributed by atoms with Gasteiger partial charge in [0.15, 0.2) is 12.2 Å². The lowest BCUT2D eigenvalue weighted by Gasteiger charge is -2.26. The van der Waals surface area contributed by atoms with Crippen molar-refractivity contribution in [1.29, 1.82) is 0 Å². The Bertz CT molecular complexity index is 935. The lowest BCUT2D eigenvalue weighted by atomic mass is 10.0. The molecule has 0 bridgehead atoms. The predicted molar refractivity (Wildman–Crippen MR) is 111 cm³/mol. The zero-order valence-electron chi connectivity index (χ0n) is 17.7. The Morgan fingerprint density at radius 1 is 1.26 bits per heavy atom. The summed E-state index contributed by atoms with van der Waals surface area (Å²) in [6.07, 6.45) is 3.53. The van der Waals surface area contributed by atoms with Crippen molar-refractivity contribution in [2.24, 2.45) is 5.92 Å². The number of carbonyl (C=O) groups excluding carboxylic acids is 3. The average Bonchev–Trinajstić information content (AvgIpc) is 3.45. The summed E-state index contributed by atoms with van der Waals surface area (Å²) >= 11 is 0. The molecule has 1 aromatic heterocycles. The van der Waals surface area contributed by atoms with Gasteiger partial charge >= 0.3 is 11.8 Å². The first-order valence-electron chi connectivity index (χ1n) is 9.85. The van der Waals surface area contributed by atoms with Crippen LogP contribution in [-0.2, 0) is 19.1 Å². The molecule has 3 rings (SSSR count). The quantitative estimate of drug-likeness (QED) is 0.565. The predicted octanol–water partition coefficient (Wildman–Crippen LogP) is 1.34. The number of anilines is 1. The van der Waals surface area contributed by atoms with E-state index in [9.17, 15) is 14.4 Å². The lowest BCUT2D eigenvalue weighted by molar-refractivity contribution is -0.137. The molecular weight excluding hydrogens is 404 g/mol. The van der Waals surface area contributed by atoms with Crippen LogP contribution in [0.1, 0.15) is 20.3 Å². The normalized spacial score (nSPS) is 15.9. The molecule has 0 radical (unpaired) electrons. The van der Waals surface area contributed by atoms with Crippen molar-refractivity contribution < 1.29 is 28.3 Å². The second-order valence-corrected chi connectivity index (χ2v) is 7.85. The summed E-state index contributed by atoms with van der Waals surface area (Å²) < 4.78 is 15.8. The topological polar surface area (TPSA) is 132 Å². The van der Waals surface area contributed by atoms with Gasteiger partial charge in [0.1, 0.15) is 5.75 Å². The number of oxazole rings is 1. The van der Waals surface area contributed by atoms with E-state index in [4.69, 9.17) is 13.9 Å². The van der Waals surface area contributed by atoms with E-state index in [1.54, 1.807) is 38.2 Å². The fourth-order valence-corrected chi connectivity index (χ4v) is 3.11. The molecule has 10 heteroatoms. The monoisotopic (exact) mass is 430 g/mol. The maximum atomic E-state index is 12.4. The fraction of sp³-hybridized carbons (Fsp3) is 0.429. The van der Waals surface area contributed by atoms with Crippen molar-refractivity contribution in [3.05, 3.63) is 30.8 Å². The van der Waals surface area contributed by atoms with E-state index in [0.717, 1.165) is 0 Å². The third kappa shape index (κ3) is 5.82. The lowest BCUT2D eigenvalue weighted by Crippen LogP contribution is -2.54. The van der Waals surface area contributed by atoms with Crippen LogP contribution in [0.2, 0.25) is 0 Å². The van der Waals surface area contributed by atoms with Gasteiger partial charge in [0, 0.05) is 24.9 Å². The number of carbonyl (C=O) groups is 3. The van der Waals surface area contributed by atoms with Crippen molar-refractivity contribution in [3.63, 3.8) is 0 Å². The number of rotatable bonds is 7. The number of nitrogens with zero attached hydrogens (tertiary/aromatic N) is 1. The van der Waals surface area contributed by atoms with Gasteiger partial charge in [0.25, 0.3) is 0 Å². The van der Waals surface area contributed by atoms with Gasteiger partial charge in [-0.2, -0.15) is 0 Å². The fourth-order valence-electron chi connectivity index (χ4n) is 3.11. The second kappa shape index (κ2) is 9.61. The Balaban J connectivity index is 1.55. The number of amides is 3. The van der Waals surface area contributed by atoms with Crippen LogP contribution in [0.5, 0.6) is 5.75 Å². The van der Waals surface area contributed by atoms with Crippen molar-refractivity contribution in [3.8, 4) is 17.1 Å². The van der Waals surface area contributed by atoms with Crippen molar-refractivity contribution in [2.45, 2.75) is 25.8 Å². The Morgan fingerprint density at radius 3 is 2.71 bits per heavy atom. The van der Waals surface area contributed by atoms with Crippen LogP contribution < -0.4 is 20.7 Å². The Kier molecular flexibility index (Phi) is 6.91. The molecule has 166 valence electrons. The minimum atomic E-state index is -0.835. The average molecular weight is 430 g/mol. The largest absolute Gasteiger partial charge is 0.496 e. The summed E-state index contributed by atoms with van der Waals surface area (Å²) in [6, 6.07) is 4.90. The maximum Gasteiger partial charge on any atom is 0.313 e. The first-order valence-corrected chi connectivity index (χ1v) is 9.85. The molecule has 2 aromatic rings. The minimum absolute atomic E-state index is 0.122. The molecule has 0 spiro atoms. The summed E-state index contributed by atoms with van der Waals surface area (Å²) in [4.78, 5) is 40.7. The smallest absolute Gasteiger partial charge is 0.313 e. The molecule has 2 heterocycles. The number of aromatic nitrogens is 1. The molecule has 1 aliphatic rings. The zero-order valence-corrected chi connectivity index (χ0v) is 17.7. The van der Waals surface area contributed by atoms with E-state index in [1.807, 2.05) is 0 Å². The van der Waals surface area contributed by atoms with Crippen LogP contribution in [0.25, 0.3) is 11.3 Å². The molecule has 31 heavy (non-hydrogen) atoms. The third-order valence-corrected chi connectivity index (χ3v) is 4.82. The highest BCUT2D eigenvalue weighted by Crippen LogP contribution is 2.32. The molecule has 1 fully saturated rings. The van der Waals surface area contributed by atoms with E-state index in [0.29, 0.717) is 42.4 Å². The Hall–Kier alpha value is -3.40. The van der Waals surface area contributed by atoms with E-state index < -0.39 is 17.4 Å². The molecule has 0 saturated carbocycles. The van der Waals surface area contributed by atoms with Crippen molar-refractivity contribution in [2.75, 3.05) is 32.2 Å². The van der Waals surface area contributed by atoms with Gasteiger partial charge in [-0.3, -0.25) is 14.4 Å². The van der Waals surface area contributed by atoms with E-state index in [-0.39, 0.29) is 18.4 Å². The second-order valence-electron chi connectivity index (χ2n) is 7.85. The third-order valence-electron chi connectivity index (χ3n) is 4.82. The van der Waals surface area contributed by atoms with Gasteiger partial charge in [-0.1, -0.05) is 0 Å². The number of ether oxygens (including phenoxy) is 2.